The van der Waals surface area contributed by atoms with Crippen LogP contribution in [0.2, 0.25) is 0 Å². The molecule has 0 bridgehead atoms. The SMILES string of the molecule is O=CC#CC1CCCS(=O)(=O)C1. The summed E-state index contributed by atoms with van der Waals surface area (Å²) in [5.41, 5.74) is 0. The summed E-state index contributed by atoms with van der Waals surface area (Å²) in [7, 11) is -2.88. The molecule has 0 amide bonds. The zero-order chi connectivity index (χ0) is 9.03. The van der Waals surface area contributed by atoms with Crippen molar-refractivity contribution in [2.75, 3.05) is 11.5 Å². The topological polar surface area (TPSA) is 51.2 Å². The molecule has 1 heterocycles. The molecular formula is C8H10O3S. The zero-order valence-corrected chi connectivity index (χ0v) is 7.43. The molecule has 12 heavy (non-hydrogen) atoms. The van der Waals surface area contributed by atoms with E-state index in [1.54, 1.807) is 0 Å². The number of carbonyl (C=O) groups excluding carboxylic acids is 1. The Kier molecular flexibility index (Phi) is 2.88. The van der Waals surface area contributed by atoms with Gasteiger partial charge in [0.1, 0.15) is 0 Å². The van der Waals surface area contributed by atoms with Crippen molar-refractivity contribution < 1.29 is 13.2 Å². The number of aldehydes is 1. The standard InChI is InChI=1S/C8H10O3S/c9-5-1-3-8-4-2-6-12(10,11)7-8/h5,8H,2,4,6-7H2. The number of hydrogen-bond donors (Lipinski definition) is 0. The lowest BCUT2D eigenvalue weighted by Crippen LogP contribution is -2.24. The van der Waals surface area contributed by atoms with Crippen LogP contribution >= 0.6 is 0 Å². The first-order valence-electron chi connectivity index (χ1n) is 3.79. The van der Waals surface area contributed by atoms with Gasteiger partial charge in [-0.1, -0.05) is 5.92 Å². The minimum absolute atomic E-state index is 0.119. The molecule has 0 aromatic heterocycles. The third-order valence-corrected chi connectivity index (χ3v) is 3.63. The van der Waals surface area contributed by atoms with Gasteiger partial charge in [0.25, 0.3) is 0 Å². The highest BCUT2D eigenvalue weighted by molar-refractivity contribution is 7.91. The Bertz CT molecular complexity index is 318. The molecule has 1 unspecified atom stereocenters. The Labute approximate surface area is 72.1 Å². The van der Waals surface area contributed by atoms with Crippen LogP contribution in [-0.2, 0) is 14.6 Å². The Balaban J connectivity index is 2.64. The van der Waals surface area contributed by atoms with E-state index in [1.807, 2.05) is 0 Å². The average molecular weight is 186 g/mol. The molecule has 0 N–H and O–H groups in total. The lowest BCUT2D eigenvalue weighted by molar-refractivity contribution is -0.103. The van der Waals surface area contributed by atoms with E-state index in [2.05, 4.69) is 11.8 Å². The van der Waals surface area contributed by atoms with Crippen molar-refractivity contribution in [1.29, 1.82) is 0 Å². The fourth-order valence-electron chi connectivity index (χ4n) is 1.29. The van der Waals surface area contributed by atoms with E-state index in [0.717, 1.165) is 6.42 Å². The second kappa shape index (κ2) is 3.72. The predicted octanol–water partition coefficient (Wildman–Crippen LogP) is 0.0135. The second-order valence-corrected chi connectivity index (χ2v) is 5.09. The number of rotatable bonds is 0. The number of carbonyl (C=O) groups is 1. The highest BCUT2D eigenvalue weighted by Gasteiger charge is 2.22. The first-order valence-corrected chi connectivity index (χ1v) is 5.61. The van der Waals surface area contributed by atoms with E-state index in [4.69, 9.17) is 0 Å². The quantitative estimate of drug-likeness (QED) is 0.395. The summed E-state index contributed by atoms with van der Waals surface area (Å²) in [6.45, 7) is 0. The van der Waals surface area contributed by atoms with Crippen LogP contribution in [-0.4, -0.2) is 26.2 Å². The zero-order valence-electron chi connectivity index (χ0n) is 6.62. The van der Waals surface area contributed by atoms with E-state index in [-0.39, 0.29) is 17.4 Å². The summed E-state index contributed by atoms with van der Waals surface area (Å²) in [6, 6.07) is 0. The minimum Gasteiger partial charge on any atom is -0.289 e. The smallest absolute Gasteiger partial charge is 0.192 e. The van der Waals surface area contributed by atoms with Gasteiger partial charge in [0, 0.05) is 5.92 Å². The molecule has 1 atom stereocenters. The van der Waals surface area contributed by atoms with Crippen molar-refractivity contribution in [3.63, 3.8) is 0 Å². The van der Waals surface area contributed by atoms with Crippen LogP contribution in [0.25, 0.3) is 0 Å². The largest absolute Gasteiger partial charge is 0.289 e. The van der Waals surface area contributed by atoms with Crippen LogP contribution in [0.3, 0.4) is 0 Å². The monoisotopic (exact) mass is 186 g/mol. The molecule has 1 saturated heterocycles. The molecule has 4 heteroatoms. The first-order chi connectivity index (χ1) is 5.64. The van der Waals surface area contributed by atoms with Gasteiger partial charge in [-0.05, 0) is 18.8 Å². The average Bonchev–Trinajstić information content (AvgIpc) is 1.99. The normalized spacial score (nSPS) is 26.8. The molecule has 1 fully saturated rings. The van der Waals surface area contributed by atoms with Gasteiger partial charge in [-0.15, -0.1) is 0 Å². The molecular weight excluding hydrogens is 176 g/mol. The van der Waals surface area contributed by atoms with Crippen LogP contribution < -0.4 is 0 Å². The van der Waals surface area contributed by atoms with Gasteiger partial charge in [-0.2, -0.15) is 0 Å². The fourth-order valence-corrected chi connectivity index (χ4v) is 2.92. The van der Waals surface area contributed by atoms with Gasteiger partial charge >= 0.3 is 0 Å². The van der Waals surface area contributed by atoms with Gasteiger partial charge in [-0.25, -0.2) is 8.42 Å². The molecule has 0 aromatic rings. The molecule has 0 saturated carbocycles. The molecule has 66 valence electrons. The maximum atomic E-state index is 11.1. The van der Waals surface area contributed by atoms with Crippen molar-refractivity contribution >= 4 is 16.1 Å². The Morgan fingerprint density at radius 3 is 2.75 bits per heavy atom. The summed E-state index contributed by atoms with van der Waals surface area (Å²) < 4.78 is 22.1. The van der Waals surface area contributed by atoms with Crippen LogP contribution in [0.1, 0.15) is 12.8 Å². The summed E-state index contributed by atoms with van der Waals surface area (Å²) in [5.74, 6) is 5.15. The molecule has 1 aliphatic heterocycles. The van der Waals surface area contributed by atoms with Crippen molar-refractivity contribution in [1.82, 2.24) is 0 Å². The molecule has 0 aliphatic carbocycles. The minimum atomic E-state index is -2.88. The van der Waals surface area contributed by atoms with Crippen molar-refractivity contribution in [3.05, 3.63) is 0 Å². The van der Waals surface area contributed by atoms with Crippen LogP contribution in [0.4, 0.5) is 0 Å². The summed E-state index contributed by atoms with van der Waals surface area (Å²) in [5, 5.41) is 0. The lowest BCUT2D eigenvalue weighted by Gasteiger charge is -2.16. The van der Waals surface area contributed by atoms with E-state index < -0.39 is 9.84 Å². The van der Waals surface area contributed by atoms with E-state index in [1.165, 1.54) is 0 Å². The van der Waals surface area contributed by atoms with Crippen molar-refractivity contribution in [3.8, 4) is 11.8 Å². The highest BCUT2D eigenvalue weighted by atomic mass is 32.2. The number of sulfone groups is 1. The Morgan fingerprint density at radius 1 is 1.42 bits per heavy atom. The molecule has 0 aromatic carbocycles. The summed E-state index contributed by atoms with van der Waals surface area (Å²) in [4.78, 5) is 9.89. The first kappa shape index (κ1) is 9.27. The maximum Gasteiger partial charge on any atom is 0.192 e. The summed E-state index contributed by atoms with van der Waals surface area (Å²) >= 11 is 0. The van der Waals surface area contributed by atoms with Gasteiger partial charge < -0.3 is 0 Å². The van der Waals surface area contributed by atoms with Crippen LogP contribution in [0, 0.1) is 17.8 Å². The van der Waals surface area contributed by atoms with Gasteiger partial charge in [0.2, 0.25) is 0 Å². The van der Waals surface area contributed by atoms with Gasteiger partial charge in [0.15, 0.2) is 16.1 Å². The highest BCUT2D eigenvalue weighted by Crippen LogP contribution is 2.16. The van der Waals surface area contributed by atoms with Gasteiger partial charge in [-0.3, -0.25) is 4.79 Å². The second-order valence-electron chi connectivity index (χ2n) is 2.86. The van der Waals surface area contributed by atoms with E-state index in [0.29, 0.717) is 12.7 Å². The molecule has 3 nitrogen and oxygen atoms in total. The molecule has 1 aliphatic rings. The number of hydrogen-bond acceptors (Lipinski definition) is 3. The van der Waals surface area contributed by atoms with Crippen LogP contribution in [0.5, 0.6) is 0 Å². The van der Waals surface area contributed by atoms with E-state index >= 15 is 0 Å². The Hall–Kier alpha value is -0.820. The van der Waals surface area contributed by atoms with E-state index in [9.17, 15) is 13.2 Å². The third kappa shape index (κ3) is 2.67. The van der Waals surface area contributed by atoms with Gasteiger partial charge in [0.05, 0.1) is 11.5 Å². The molecule has 0 radical (unpaired) electrons. The van der Waals surface area contributed by atoms with Crippen LogP contribution in [0.15, 0.2) is 0 Å². The molecule has 0 spiro atoms. The maximum absolute atomic E-state index is 11.1. The van der Waals surface area contributed by atoms with Crippen molar-refractivity contribution in [2.24, 2.45) is 5.92 Å². The van der Waals surface area contributed by atoms with Crippen molar-refractivity contribution in [2.45, 2.75) is 12.8 Å². The fraction of sp³-hybridized carbons (Fsp3) is 0.625. The lowest BCUT2D eigenvalue weighted by atomic mass is 10.1. The summed E-state index contributed by atoms with van der Waals surface area (Å²) in [6.07, 6.45) is 1.96. The molecule has 1 rings (SSSR count). The predicted molar refractivity (Wildman–Crippen MR) is 45.2 cm³/mol. The third-order valence-electron chi connectivity index (χ3n) is 1.81. The Morgan fingerprint density at radius 2 is 2.17 bits per heavy atom.